The smallest absolute Gasteiger partial charge is 0.0616 e. The van der Waals surface area contributed by atoms with E-state index in [4.69, 9.17) is 0 Å². The monoisotopic (exact) mass is 109 g/mol. The molecule has 0 aliphatic carbocycles. The molecule has 0 saturated heterocycles. The Balaban J connectivity index is 3.02. The summed E-state index contributed by atoms with van der Waals surface area (Å²) in [5, 5.41) is 0. The molecule has 5 heavy (non-hydrogen) atoms. The zero-order chi connectivity index (χ0) is 4.50. The maximum atomic E-state index is 4.63. The molecule has 0 aromatic rings. The van der Waals surface area contributed by atoms with Crippen molar-refractivity contribution in [1.29, 1.82) is 0 Å². The zero-order valence-electron chi connectivity index (χ0n) is 3.30. The Morgan fingerprint density at radius 2 is 1.60 bits per heavy atom. The molecule has 0 aromatic heterocycles. The lowest BCUT2D eigenvalue weighted by Crippen LogP contribution is -2.17. The minimum absolute atomic E-state index is 0.278. The van der Waals surface area contributed by atoms with Crippen LogP contribution in [0.15, 0.2) is 0 Å². The molecule has 0 spiro atoms. The summed E-state index contributed by atoms with van der Waals surface area (Å²) in [7, 11) is 3.61. The Hall–Kier alpha value is 0.660. The molecule has 0 aliphatic heterocycles. The number of nitrogens with zero attached hydrogens (tertiary/aromatic N) is 1. The summed E-state index contributed by atoms with van der Waals surface area (Å²) < 4.78 is 0.278. The number of rotatable bonds is 0. The molecule has 1 nitrogen and oxygen atoms in total. The standard InChI is InChI=1S/C2H7NS2/c1-3(2,4)5/h4H,1-2H3. The minimum atomic E-state index is 0.278. The van der Waals surface area contributed by atoms with Gasteiger partial charge in [-0.25, -0.2) is 0 Å². The summed E-state index contributed by atoms with van der Waals surface area (Å²) in [5.41, 5.74) is 0. The first-order valence-corrected chi connectivity index (χ1v) is 2.04. The molecule has 0 atom stereocenters. The van der Waals surface area contributed by atoms with Gasteiger partial charge < -0.3 is 16.1 Å². The van der Waals surface area contributed by atoms with Crippen LogP contribution in [0.1, 0.15) is 0 Å². The lowest BCUT2D eigenvalue weighted by molar-refractivity contribution is -0.586. The van der Waals surface area contributed by atoms with Crippen molar-refractivity contribution in [2.45, 2.75) is 0 Å². The minimum Gasteiger partial charge on any atom is -0.480 e. The van der Waals surface area contributed by atoms with E-state index in [2.05, 4.69) is 25.6 Å². The Morgan fingerprint density at radius 1 is 1.60 bits per heavy atom. The van der Waals surface area contributed by atoms with E-state index in [1.54, 1.807) is 14.1 Å². The number of thiol groups is 1. The maximum Gasteiger partial charge on any atom is 0.0616 e. The molecule has 3 heteroatoms. The van der Waals surface area contributed by atoms with Crippen LogP contribution in [0.2, 0.25) is 0 Å². The van der Waals surface area contributed by atoms with Gasteiger partial charge in [0, 0.05) is 12.8 Å². The van der Waals surface area contributed by atoms with Gasteiger partial charge in [0.05, 0.1) is 14.1 Å². The molecule has 0 radical (unpaired) electrons. The fourth-order valence-corrected chi connectivity index (χ4v) is 0. The molecular weight excluding hydrogens is 102 g/mol. The second-order valence-electron chi connectivity index (χ2n) is 1.29. The van der Waals surface area contributed by atoms with Gasteiger partial charge in [0.25, 0.3) is 0 Å². The van der Waals surface area contributed by atoms with E-state index in [9.17, 15) is 0 Å². The Labute approximate surface area is 43.7 Å². The zero-order valence-corrected chi connectivity index (χ0v) is 5.01. The highest BCUT2D eigenvalue weighted by molar-refractivity contribution is 7.80. The van der Waals surface area contributed by atoms with Crippen molar-refractivity contribution in [1.82, 2.24) is 0 Å². The molecule has 0 fully saturated rings. The Morgan fingerprint density at radius 3 is 1.60 bits per heavy atom. The largest absolute Gasteiger partial charge is 0.480 e. The summed E-state index contributed by atoms with van der Waals surface area (Å²) in [6, 6.07) is 0. The third-order valence-corrected chi connectivity index (χ3v) is 0. The second kappa shape index (κ2) is 1.41. The van der Waals surface area contributed by atoms with Gasteiger partial charge >= 0.3 is 0 Å². The molecule has 0 amide bonds. The fraction of sp³-hybridized carbons (Fsp3) is 1.00. The van der Waals surface area contributed by atoms with Crippen LogP contribution >= 0.6 is 12.8 Å². The average molecular weight is 109 g/mol. The summed E-state index contributed by atoms with van der Waals surface area (Å²) in [5.74, 6) is 0. The van der Waals surface area contributed by atoms with Crippen molar-refractivity contribution in [3.8, 4) is 0 Å². The van der Waals surface area contributed by atoms with Crippen molar-refractivity contribution in [3.05, 3.63) is 0 Å². The molecule has 0 bridgehead atoms. The number of quaternary nitrogens is 1. The van der Waals surface area contributed by atoms with Gasteiger partial charge in [0.15, 0.2) is 0 Å². The van der Waals surface area contributed by atoms with E-state index < -0.39 is 0 Å². The lowest BCUT2D eigenvalue weighted by Gasteiger charge is -2.25. The van der Waals surface area contributed by atoms with Gasteiger partial charge in [-0.1, -0.05) is 0 Å². The lowest BCUT2D eigenvalue weighted by atomic mass is 11.3. The molecule has 0 saturated carbocycles. The van der Waals surface area contributed by atoms with Crippen LogP contribution in [0.3, 0.4) is 0 Å². The average Bonchev–Trinajstić information content (AvgIpc) is 0.722. The first kappa shape index (κ1) is 5.66. The van der Waals surface area contributed by atoms with Gasteiger partial charge in [-0.05, 0) is 0 Å². The van der Waals surface area contributed by atoms with Crippen LogP contribution in [-0.4, -0.2) is 17.4 Å². The van der Waals surface area contributed by atoms with Crippen molar-refractivity contribution >= 4 is 25.6 Å². The second-order valence-corrected chi connectivity index (χ2v) is 3.48. The van der Waals surface area contributed by atoms with E-state index >= 15 is 0 Å². The third kappa shape index (κ3) is 75.7. The highest BCUT2D eigenvalue weighted by Crippen LogP contribution is 1.92. The van der Waals surface area contributed by atoms with E-state index in [0.29, 0.717) is 0 Å². The number of hydrogen-bond acceptors (Lipinski definition) is 2. The van der Waals surface area contributed by atoms with E-state index in [-0.39, 0.29) is 3.29 Å². The van der Waals surface area contributed by atoms with Crippen LogP contribution in [0.25, 0.3) is 0 Å². The summed E-state index contributed by atoms with van der Waals surface area (Å²) in [6.07, 6.45) is 0. The topological polar surface area (TPSA) is 0 Å². The van der Waals surface area contributed by atoms with Crippen molar-refractivity contribution in [2.75, 3.05) is 14.1 Å². The predicted molar refractivity (Wildman–Crippen MR) is 28.5 cm³/mol. The van der Waals surface area contributed by atoms with E-state index in [1.807, 2.05) is 0 Å². The van der Waals surface area contributed by atoms with E-state index in [1.165, 1.54) is 0 Å². The van der Waals surface area contributed by atoms with Crippen molar-refractivity contribution in [3.63, 3.8) is 0 Å². The normalized spacial score (nSPS) is 12.0. The van der Waals surface area contributed by atoms with E-state index in [0.717, 1.165) is 0 Å². The SMILES string of the molecule is C[N+](C)([S-])S. The van der Waals surface area contributed by atoms with Crippen LogP contribution in [0, 0.1) is 0 Å². The molecule has 0 unspecified atom stereocenters. The van der Waals surface area contributed by atoms with Crippen molar-refractivity contribution < 1.29 is 3.29 Å². The summed E-state index contributed by atoms with van der Waals surface area (Å²) in [4.78, 5) is 0. The summed E-state index contributed by atoms with van der Waals surface area (Å²) in [6.45, 7) is 0. The first-order chi connectivity index (χ1) is 2.00. The van der Waals surface area contributed by atoms with Crippen LogP contribution < -0.4 is 0 Å². The molecule has 0 rings (SSSR count). The fourth-order valence-electron chi connectivity index (χ4n) is 0. The third-order valence-electron chi connectivity index (χ3n) is 0. The van der Waals surface area contributed by atoms with Gasteiger partial charge in [-0.3, -0.25) is 0 Å². The Kier molecular flexibility index (Phi) is 1.59. The Bertz CT molecular complexity index is 23.1. The van der Waals surface area contributed by atoms with Gasteiger partial charge in [0.2, 0.25) is 0 Å². The van der Waals surface area contributed by atoms with Crippen LogP contribution in [0.4, 0.5) is 0 Å². The van der Waals surface area contributed by atoms with Gasteiger partial charge in [-0.2, -0.15) is 0 Å². The molecule has 32 valence electrons. The molecule has 0 N–H and O–H groups in total. The number of hydrogen-bond donors (Lipinski definition) is 1. The van der Waals surface area contributed by atoms with Gasteiger partial charge in [0.1, 0.15) is 0 Å². The maximum absolute atomic E-state index is 4.63. The van der Waals surface area contributed by atoms with Crippen LogP contribution in [0.5, 0.6) is 0 Å². The first-order valence-electron chi connectivity index (χ1n) is 1.28. The molecule has 0 aliphatic rings. The molecule has 0 aromatic carbocycles. The quantitative estimate of drug-likeness (QED) is 0.266. The van der Waals surface area contributed by atoms with Crippen LogP contribution in [-0.2, 0) is 12.8 Å². The highest BCUT2D eigenvalue weighted by atomic mass is 32.2. The summed E-state index contributed by atoms with van der Waals surface area (Å²) >= 11 is 8.50. The van der Waals surface area contributed by atoms with Gasteiger partial charge in [-0.15, -0.1) is 0 Å². The molecular formula is C2H7NS2. The predicted octanol–water partition coefficient (Wildman–Crippen LogP) is 0.369. The van der Waals surface area contributed by atoms with Crippen molar-refractivity contribution in [2.24, 2.45) is 0 Å². The molecule has 0 heterocycles. The highest BCUT2D eigenvalue weighted by Gasteiger charge is 1.79.